The molecule has 7 heteroatoms. The zero-order valence-corrected chi connectivity index (χ0v) is 13.8. The smallest absolute Gasteiger partial charge is 0.339 e. The number of carbonyl (C=O) groups is 1. The number of esters is 1. The van der Waals surface area contributed by atoms with Crippen molar-refractivity contribution in [3.05, 3.63) is 53.4 Å². The first-order chi connectivity index (χ1) is 11.6. The lowest BCUT2D eigenvalue weighted by molar-refractivity contribution is 0.0525. The molecule has 0 saturated heterocycles. The standard InChI is InChI=1S/C17H18N4O3/c1-4-23-17(22)14-9-11(2)21(12(14)3)10-15-19-16(20-24-15)13-5-7-18-8-6-13/h5-9H,4,10H2,1-3H3. The molecular weight excluding hydrogens is 308 g/mol. The minimum atomic E-state index is -0.320. The second-order valence-electron chi connectivity index (χ2n) is 5.34. The molecule has 0 aliphatic carbocycles. The Hall–Kier alpha value is -2.96. The van der Waals surface area contributed by atoms with Gasteiger partial charge >= 0.3 is 5.97 Å². The largest absolute Gasteiger partial charge is 0.462 e. The van der Waals surface area contributed by atoms with Crippen molar-refractivity contribution in [2.75, 3.05) is 6.61 Å². The van der Waals surface area contributed by atoms with Crippen LogP contribution in [0.1, 0.15) is 34.6 Å². The minimum absolute atomic E-state index is 0.320. The number of carbonyl (C=O) groups excluding carboxylic acids is 1. The van der Waals surface area contributed by atoms with Gasteiger partial charge in [-0.1, -0.05) is 5.16 Å². The van der Waals surface area contributed by atoms with E-state index in [0.29, 0.717) is 30.4 Å². The van der Waals surface area contributed by atoms with E-state index >= 15 is 0 Å². The summed E-state index contributed by atoms with van der Waals surface area (Å²) >= 11 is 0. The highest BCUT2D eigenvalue weighted by molar-refractivity contribution is 5.91. The number of aromatic nitrogens is 4. The summed E-state index contributed by atoms with van der Waals surface area (Å²) in [5, 5.41) is 3.99. The third-order valence-electron chi connectivity index (χ3n) is 3.77. The molecule has 3 rings (SSSR count). The Labute approximate surface area is 139 Å². The Morgan fingerprint density at radius 3 is 2.75 bits per heavy atom. The van der Waals surface area contributed by atoms with Crippen LogP contribution in [0, 0.1) is 13.8 Å². The van der Waals surface area contributed by atoms with Crippen LogP contribution in [-0.2, 0) is 11.3 Å². The summed E-state index contributed by atoms with van der Waals surface area (Å²) in [4.78, 5) is 20.4. The average Bonchev–Trinajstić information content (AvgIpc) is 3.16. The quantitative estimate of drug-likeness (QED) is 0.670. The van der Waals surface area contributed by atoms with Gasteiger partial charge in [-0.15, -0.1) is 0 Å². The van der Waals surface area contributed by atoms with Crippen molar-refractivity contribution in [1.29, 1.82) is 0 Å². The summed E-state index contributed by atoms with van der Waals surface area (Å²) in [7, 11) is 0. The van der Waals surface area contributed by atoms with Crippen LogP contribution in [0.4, 0.5) is 0 Å². The Kier molecular flexibility index (Phi) is 4.41. The van der Waals surface area contributed by atoms with Crippen molar-refractivity contribution in [3.8, 4) is 11.4 Å². The highest BCUT2D eigenvalue weighted by Gasteiger charge is 2.18. The third kappa shape index (κ3) is 3.05. The third-order valence-corrected chi connectivity index (χ3v) is 3.77. The van der Waals surface area contributed by atoms with Crippen molar-refractivity contribution < 1.29 is 14.1 Å². The topological polar surface area (TPSA) is 83.0 Å². The Bertz CT molecular complexity index is 852. The maximum Gasteiger partial charge on any atom is 0.339 e. The van der Waals surface area contributed by atoms with Crippen LogP contribution in [0.5, 0.6) is 0 Å². The molecule has 3 aromatic rings. The molecule has 0 N–H and O–H groups in total. The molecule has 0 amide bonds. The van der Waals surface area contributed by atoms with Gasteiger partial charge in [0, 0.05) is 29.3 Å². The predicted octanol–water partition coefficient (Wildman–Crippen LogP) is 2.77. The molecule has 0 atom stereocenters. The lowest BCUT2D eigenvalue weighted by Crippen LogP contribution is -2.08. The molecule has 0 saturated carbocycles. The molecule has 0 radical (unpaired) electrons. The Morgan fingerprint density at radius 2 is 2.04 bits per heavy atom. The fourth-order valence-corrected chi connectivity index (χ4v) is 2.53. The van der Waals surface area contributed by atoms with E-state index in [0.717, 1.165) is 17.0 Å². The van der Waals surface area contributed by atoms with E-state index in [1.807, 2.05) is 36.6 Å². The van der Waals surface area contributed by atoms with E-state index in [4.69, 9.17) is 9.26 Å². The second-order valence-corrected chi connectivity index (χ2v) is 5.34. The highest BCUT2D eigenvalue weighted by Crippen LogP contribution is 2.19. The fourth-order valence-electron chi connectivity index (χ4n) is 2.53. The van der Waals surface area contributed by atoms with E-state index < -0.39 is 0 Å². The molecule has 24 heavy (non-hydrogen) atoms. The van der Waals surface area contributed by atoms with Gasteiger partial charge in [0.1, 0.15) is 6.54 Å². The molecule has 0 unspecified atom stereocenters. The molecule has 0 aliphatic heterocycles. The molecule has 0 fully saturated rings. The van der Waals surface area contributed by atoms with Crippen LogP contribution >= 0.6 is 0 Å². The number of aryl methyl sites for hydroxylation is 1. The van der Waals surface area contributed by atoms with Crippen LogP contribution in [0.25, 0.3) is 11.4 Å². The van der Waals surface area contributed by atoms with Gasteiger partial charge < -0.3 is 13.8 Å². The second kappa shape index (κ2) is 6.66. The molecular formula is C17H18N4O3. The van der Waals surface area contributed by atoms with Crippen LogP contribution in [-0.4, -0.2) is 32.3 Å². The summed E-state index contributed by atoms with van der Waals surface area (Å²) < 4.78 is 12.4. The van der Waals surface area contributed by atoms with Gasteiger partial charge in [0.05, 0.1) is 12.2 Å². The maximum atomic E-state index is 12.0. The number of nitrogens with zero attached hydrogens (tertiary/aromatic N) is 4. The van der Waals surface area contributed by atoms with E-state index in [1.54, 1.807) is 19.3 Å². The molecule has 124 valence electrons. The summed E-state index contributed by atoms with van der Waals surface area (Å²) in [5.74, 6) is 0.666. The SMILES string of the molecule is CCOC(=O)c1cc(C)n(Cc2nc(-c3ccncc3)no2)c1C. The zero-order chi connectivity index (χ0) is 17.1. The van der Waals surface area contributed by atoms with Crippen molar-refractivity contribution >= 4 is 5.97 Å². The van der Waals surface area contributed by atoms with Gasteiger partial charge in [0.25, 0.3) is 0 Å². The Balaban J connectivity index is 1.85. The van der Waals surface area contributed by atoms with Crippen LogP contribution in [0.3, 0.4) is 0 Å². The maximum absolute atomic E-state index is 12.0. The number of rotatable bonds is 5. The molecule has 0 aromatic carbocycles. The van der Waals surface area contributed by atoms with Gasteiger partial charge in [-0.2, -0.15) is 4.98 Å². The van der Waals surface area contributed by atoms with E-state index in [1.165, 1.54) is 0 Å². The highest BCUT2D eigenvalue weighted by atomic mass is 16.5. The number of hydrogen-bond donors (Lipinski definition) is 0. The van der Waals surface area contributed by atoms with Crippen LogP contribution < -0.4 is 0 Å². The lowest BCUT2D eigenvalue weighted by atomic mass is 10.2. The summed E-state index contributed by atoms with van der Waals surface area (Å²) in [5.41, 5.74) is 3.14. The van der Waals surface area contributed by atoms with Gasteiger partial charge in [-0.25, -0.2) is 4.79 Å². The first-order valence-electron chi connectivity index (χ1n) is 7.67. The van der Waals surface area contributed by atoms with Crippen molar-refractivity contribution in [1.82, 2.24) is 19.7 Å². The van der Waals surface area contributed by atoms with E-state index in [9.17, 15) is 4.79 Å². The molecule has 0 bridgehead atoms. The molecule has 0 aliphatic rings. The molecule has 3 aromatic heterocycles. The van der Waals surface area contributed by atoms with Crippen molar-refractivity contribution in [2.45, 2.75) is 27.3 Å². The van der Waals surface area contributed by atoms with Gasteiger partial charge in [-0.05, 0) is 39.0 Å². The molecule has 7 nitrogen and oxygen atoms in total. The average molecular weight is 326 g/mol. The Morgan fingerprint density at radius 1 is 1.29 bits per heavy atom. The first-order valence-corrected chi connectivity index (χ1v) is 7.67. The van der Waals surface area contributed by atoms with Crippen LogP contribution in [0.2, 0.25) is 0 Å². The lowest BCUT2D eigenvalue weighted by Gasteiger charge is -2.06. The molecule has 0 spiro atoms. The van der Waals surface area contributed by atoms with E-state index in [-0.39, 0.29) is 5.97 Å². The number of pyridine rings is 1. The summed E-state index contributed by atoms with van der Waals surface area (Å²) in [6.45, 7) is 6.34. The predicted molar refractivity (Wildman–Crippen MR) is 86.5 cm³/mol. The van der Waals surface area contributed by atoms with Gasteiger partial charge in [0.2, 0.25) is 11.7 Å². The minimum Gasteiger partial charge on any atom is -0.462 e. The normalized spacial score (nSPS) is 10.8. The fraction of sp³-hybridized carbons (Fsp3) is 0.294. The first kappa shape index (κ1) is 15.9. The summed E-state index contributed by atoms with van der Waals surface area (Å²) in [6.07, 6.45) is 3.36. The van der Waals surface area contributed by atoms with Gasteiger partial charge in [0.15, 0.2) is 0 Å². The monoisotopic (exact) mass is 326 g/mol. The summed E-state index contributed by atoms with van der Waals surface area (Å²) in [6, 6.07) is 5.45. The van der Waals surface area contributed by atoms with Crippen molar-refractivity contribution in [3.63, 3.8) is 0 Å². The zero-order valence-electron chi connectivity index (χ0n) is 13.8. The van der Waals surface area contributed by atoms with Crippen molar-refractivity contribution in [2.24, 2.45) is 0 Å². The molecule has 3 heterocycles. The van der Waals surface area contributed by atoms with Crippen LogP contribution in [0.15, 0.2) is 35.1 Å². The van der Waals surface area contributed by atoms with E-state index in [2.05, 4.69) is 15.1 Å². The van der Waals surface area contributed by atoms with Gasteiger partial charge in [-0.3, -0.25) is 4.98 Å². The number of hydrogen-bond acceptors (Lipinski definition) is 6. The number of ether oxygens (including phenoxy) is 1.